The average Bonchev–Trinajstić information content (AvgIpc) is 2.49. The Bertz CT molecular complexity index is 581. The first-order valence-electron chi connectivity index (χ1n) is 7.19. The SMILES string of the molecule is CC1(C)C(=O)O[C@@H]([C@@H](Br)[C@H](Br)c2ccccc2)C(C)(C)C1=O. The highest BCUT2D eigenvalue weighted by Gasteiger charge is 2.57. The molecule has 5 heteroatoms. The van der Waals surface area contributed by atoms with Gasteiger partial charge < -0.3 is 4.74 Å². The predicted molar refractivity (Wildman–Crippen MR) is 93.3 cm³/mol. The minimum Gasteiger partial charge on any atom is -0.459 e. The molecular formula is C17H20Br2O3. The Morgan fingerprint density at radius 1 is 1.05 bits per heavy atom. The number of benzene rings is 1. The molecule has 120 valence electrons. The summed E-state index contributed by atoms with van der Waals surface area (Å²) in [6.07, 6.45) is -0.537. The summed E-state index contributed by atoms with van der Waals surface area (Å²) in [5.41, 5.74) is -0.790. The molecule has 0 radical (unpaired) electrons. The number of carbonyl (C=O) groups excluding carboxylic acids is 2. The minimum atomic E-state index is -1.10. The number of cyclic esters (lactones) is 1. The van der Waals surface area contributed by atoms with E-state index in [9.17, 15) is 9.59 Å². The Balaban J connectivity index is 2.31. The fourth-order valence-electron chi connectivity index (χ4n) is 2.87. The molecule has 0 bridgehead atoms. The van der Waals surface area contributed by atoms with E-state index in [0.717, 1.165) is 5.56 Å². The van der Waals surface area contributed by atoms with Gasteiger partial charge in [0.15, 0.2) is 5.78 Å². The zero-order chi connectivity index (χ0) is 16.7. The second-order valence-electron chi connectivity index (χ2n) is 6.76. The maximum atomic E-state index is 12.7. The monoisotopic (exact) mass is 430 g/mol. The highest BCUT2D eigenvalue weighted by atomic mass is 79.9. The summed E-state index contributed by atoms with van der Waals surface area (Å²) in [6.45, 7) is 6.93. The average molecular weight is 432 g/mol. The van der Waals surface area contributed by atoms with Gasteiger partial charge in [-0.1, -0.05) is 62.2 Å². The summed E-state index contributed by atoms with van der Waals surface area (Å²) in [7, 11) is 0. The van der Waals surface area contributed by atoms with Crippen molar-refractivity contribution in [2.75, 3.05) is 0 Å². The third kappa shape index (κ3) is 2.90. The summed E-state index contributed by atoms with van der Waals surface area (Å²) < 4.78 is 5.66. The van der Waals surface area contributed by atoms with Crippen molar-refractivity contribution in [3.8, 4) is 0 Å². The molecule has 0 amide bonds. The van der Waals surface area contributed by atoms with Gasteiger partial charge in [-0.05, 0) is 33.3 Å². The van der Waals surface area contributed by atoms with Crippen molar-refractivity contribution in [1.82, 2.24) is 0 Å². The molecule has 0 unspecified atom stereocenters. The van der Waals surface area contributed by atoms with Crippen LogP contribution in [0.2, 0.25) is 0 Å². The van der Waals surface area contributed by atoms with Crippen LogP contribution in [0.15, 0.2) is 30.3 Å². The van der Waals surface area contributed by atoms with E-state index >= 15 is 0 Å². The van der Waals surface area contributed by atoms with E-state index in [0.29, 0.717) is 0 Å². The molecule has 1 fully saturated rings. The first-order valence-corrected chi connectivity index (χ1v) is 9.02. The quantitative estimate of drug-likeness (QED) is 0.403. The van der Waals surface area contributed by atoms with Crippen LogP contribution in [-0.2, 0) is 14.3 Å². The van der Waals surface area contributed by atoms with Crippen LogP contribution in [0.5, 0.6) is 0 Å². The van der Waals surface area contributed by atoms with Crippen molar-refractivity contribution < 1.29 is 14.3 Å². The Morgan fingerprint density at radius 3 is 2.14 bits per heavy atom. The molecule has 1 aromatic rings. The van der Waals surface area contributed by atoms with Crippen LogP contribution >= 0.6 is 31.9 Å². The number of rotatable bonds is 3. The lowest BCUT2D eigenvalue weighted by atomic mass is 9.67. The first kappa shape index (κ1) is 17.7. The van der Waals surface area contributed by atoms with Crippen molar-refractivity contribution in [1.29, 1.82) is 0 Å². The second-order valence-corrected chi connectivity index (χ2v) is 8.80. The van der Waals surface area contributed by atoms with Crippen LogP contribution < -0.4 is 0 Å². The van der Waals surface area contributed by atoms with Gasteiger partial charge >= 0.3 is 5.97 Å². The van der Waals surface area contributed by atoms with Crippen molar-refractivity contribution in [2.24, 2.45) is 10.8 Å². The van der Waals surface area contributed by atoms with Crippen LogP contribution in [0.25, 0.3) is 0 Å². The molecule has 1 saturated heterocycles. The van der Waals surface area contributed by atoms with Gasteiger partial charge in [0.25, 0.3) is 0 Å². The highest BCUT2D eigenvalue weighted by molar-refractivity contribution is 9.12. The van der Waals surface area contributed by atoms with E-state index < -0.39 is 22.9 Å². The van der Waals surface area contributed by atoms with Crippen molar-refractivity contribution >= 4 is 43.6 Å². The van der Waals surface area contributed by atoms with Crippen LogP contribution in [0.3, 0.4) is 0 Å². The molecule has 0 aliphatic carbocycles. The molecule has 0 saturated carbocycles. The van der Waals surface area contributed by atoms with Crippen molar-refractivity contribution in [3.05, 3.63) is 35.9 Å². The van der Waals surface area contributed by atoms with Crippen molar-refractivity contribution in [3.63, 3.8) is 0 Å². The summed E-state index contributed by atoms with van der Waals surface area (Å²) in [4.78, 5) is 24.6. The number of esters is 1. The molecule has 0 spiro atoms. The fourth-order valence-corrected chi connectivity index (χ4v) is 4.53. The van der Waals surface area contributed by atoms with E-state index in [4.69, 9.17) is 4.74 Å². The number of Topliss-reactive ketones (excluding diaryl/α,β-unsaturated/α-hetero) is 1. The number of ether oxygens (including phenoxy) is 1. The maximum Gasteiger partial charge on any atom is 0.319 e. The van der Waals surface area contributed by atoms with E-state index in [2.05, 4.69) is 31.9 Å². The van der Waals surface area contributed by atoms with Gasteiger partial charge in [0.05, 0.1) is 15.1 Å². The largest absolute Gasteiger partial charge is 0.459 e. The topological polar surface area (TPSA) is 43.4 Å². The molecule has 0 aromatic heterocycles. The third-order valence-corrected chi connectivity index (χ3v) is 7.11. The smallest absolute Gasteiger partial charge is 0.319 e. The number of halogens is 2. The van der Waals surface area contributed by atoms with Gasteiger partial charge in [-0.3, -0.25) is 9.59 Å². The molecule has 1 heterocycles. The van der Waals surface area contributed by atoms with E-state index in [-0.39, 0.29) is 15.4 Å². The first-order chi connectivity index (χ1) is 10.1. The van der Waals surface area contributed by atoms with Gasteiger partial charge in [-0.2, -0.15) is 0 Å². The molecule has 22 heavy (non-hydrogen) atoms. The fraction of sp³-hybridized carbons (Fsp3) is 0.529. The summed E-state index contributed by atoms with van der Waals surface area (Å²) in [5, 5.41) is 0. The van der Waals surface area contributed by atoms with Gasteiger partial charge in [-0.25, -0.2) is 0 Å². The van der Waals surface area contributed by atoms with E-state index in [1.165, 1.54) is 0 Å². The number of ketones is 1. The lowest BCUT2D eigenvalue weighted by molar-refractivity contribution is -0.185. The molecule has 1 aliphatic heterocycles. The van der Waals surface area contributed by atoms with Crippen molar-refractivity contribution in [2.45, 2.75) is 43.5 Å². The maximum absolute atomic E-state index is 12.7. The highest BCUT2D eigenvalue weighted by Crippen LogP contribution is 2.46. The molecule has 3 atom stereocenters. The Morgan fingerprint density at radius 2 is 1.59 bits per heavy atom. The second kappa shape index (κ2) is 6.08. The molecule has 1 aliphatic rings. The summed E-state index contributed by atoms with van der Waals surface area (Å²) in [6, 6.07) is 9.85. The zero-order valence-electron chi connectivity index (χ0n) is 13.1. The normalized spacial score (nSPS) is 26.2. The number of alkyl halides is 2. The van der Waals surface area contributed by atoms with Gasteiger partial charge in [0.2, 0.25) is 0 Å². The Labute approximate surface area is 148 Å². The van der Waals surface area contributed by atoms with Crippen LogP contribution in [0.1, 0.15) is 38.1 Å². The molecule has 0 N–H and O–H groups in total. The number of carbonyl (C=O) groups is 2. The van der Waals surface area contributed by atoms with E-state index in [1.54, 1.807) is 13.8 Å². The van der Waals surface area contributed by atoms with Gasteiger partial charge in [0, 0.05) is 0 Å². The van der Waals surface area contributed by atoms with E-state index in [1.807, 2.05) is 44.2 Å². The predicted octanol–water partition coefficient (Wildman–Crippen LogP) is 4.43. The summed E-state index contributed by atoms with van der Waals surface area (Å²) >= 11 is 7.29. The van der Waals surface area contributed by atoms with Crippen LogP contribution in [-0.4, -0.2) is 22.7 Å². The molecular weight excluding hydrogens is 412 g/mol. The molecule has 3 nitrogen and oxygen atoms in total. The van der Waals surface area contributed by atoms with Crippen LogP contribution in [0, 0.1) is 10.8 Å². The summed E-state index contributed by atoms with van der Waals surface area (Å²) in [5.74, 6) is -0.544. The lowest BCUT2D eigenvalue weighted by Gasteiger charge is -2.45. The number of hydrogen-bond donors (Lipinski definition) is 0. The zero-order valence-corrected chi connectivity index (χ0v) is 16.3. The lowest BCUT2D eigenvalue weighted by Crippen LogP contribution is -2.58. The van der Waals surface area contributed by atoms with Gasteiger partial charge in [-0.15, -0.1) is 0 Å². The van der Waals surface area contributed by atoms with Crippen LogP contribution in [0.4, 0.5) is 0 Å². The number of hydrogen-bond acceptors (Lipinski definition) is 3. The minimum absolute atomic E-state index is 0.0696. The third-order valence-electron chi connectivity index (χ3n) is 4.30. The standard InChI is InChI=1S/C17H20Br2O3/c1-16(2)13(22-15(21)17(3,4)14(16)20)12(19)11(18)10-8-6-5-7-9-10/h5-9,11-13H,1-4H3/t11-,12+,13+/m1/s1. The Hall–Kier alpha value is -0.680. The Kier molecular flexibility index (Phi) is 4.88. The van der Waals surface area contributed by atoms with Gasteiger partial charge in [0.1, 0.15) is 11.5 Å². The molecule has 2 rings (SSSR count). The molecule has 1 aromatic carbocycles.